The summed E-state index contributed by atoms with van der Waals surface area (Å²) in [6, 6.07) is 5.68. The molecule has 1 amide bonds. The number of fused-ring (bicyclic) bond motifs is 1. The largest absolute Gasteiger partial charge is 0.384 e. The monoisotopic (exact) mass is 594 g/mol. The number of H-pyrrole nitrogens is 1. The van der Waals surface area contributed by atoms with Gasteiger partial charge in [0.25, 0.3) is 0 Å². The summed E-state index contributed by atoms with van der Waals surface area (Å²) < 4.78 is 42.9. The number of carbonyl (C=O) groups is 1. The third-order valence-corrected chi connectivity index (χ3v) is 8.51. The number of carbonyl (C=O) groups excluding carboxylic acids is 1. The van der Waals surface area contributed by atoms with E-state index in [2.05, 4.69) is 26.7 Å². The first-order chi connectivity index (χ1) is 19.8. The molecule has 1 aromatic carbocycles. The fraction of sp³-hybridized carbons (Fsp3) is 0.321. The van der Waals surface area contributed by atoms with E-state index in [4.69, 9.17) is 5.73 Å². The first-order valence-electron chi connectivity index (χ1n) is 13.3. The fourth-order valence-corrected chi connectivity index (χ4v) is 6.23. The molecule has 0 saturated carbocycles. The van der Waals surface area contributed by atoms with Crippen molar-refractivity contribution in [3.63, 3.8) is 0 Å². The Kier molecular flexibility index (Phi) is 7.35. The highest BCUT2D eigenvalue weighted by Gasteiger charge is 2.31. The maximum Gasteiger partial charge on any atom is 0.355 e. The number of anilines is 2. The number of hydrogen-bond donors (Lipinski definition) is 2. The van der Waals surface area contributed by atoms with Crippen LogP contribution in [0, 0.1) is 5.82 Å². The second kappa shape index (κ2) is 10.7. The van der Waals surface area contributed by atoms with E-state index in [0.29, 0.717) is 25.2 Å². The summed E-state index contributed by atoms with van der Waals surface area (Å²) in [5.41, 5.74) is 5.87. The molecule has 1 saturated heterocycles. The molecule has 1 atom stereocenters. The maximum absolute atomic E-state index is 15.8. The number of para-hydroxylation sites is 1. The molecule has 42 heavy (non-hydrogen) atoms. The van der Waals surface area contributed by atoms with Crippen molar-refractivity contribution in [1.29, 1.82) is 0 Å². The van der Waals surface area contributed by atoms with Crippen LogP contribution in [-0.4, -0.2) is 75.9 Å². The molecule has 1 aliphatic heterocycles. The molecule has 0 bridgehead atoms. The zero-order valence-corrected chi connectivity index (χ0v) is 24.4. The minimum atomic E-state index is -3.83. The first-order valence-corrected chi connectivity index (χ1v) is 15.2. The predicted molar refractivity (Wildman–Crippen MR) is 158 cm³/mol. The summed E-state index contributed by atoms with van der Waals surface area (Å²) >= 11 is 0. The van der Waals surface area contributed by atoms with E-state index < -0.39 is 21.3 Å². The van der Waals surface area contributed by atoms with Gasteiger partial charge in [0.15, 0.2) is 21.3 Å². The molecule has 1 fully saturated rings. The number of sulfone groups is 1. The van der Waals surface area contributed by atoms with Crippen LogP contribution in [0.2, 0.25) is 0 Å². The van der Waals surface area contributed by atoms with Crippen LogP contribution in [-0.2, 0) is 14.6 Å². The Balaban J connectivity index is 1.87. The summed E-state index contributed by atoms with van der Waals surface area (Å²) in [7, 11) is -3.83. The molecule has 0 aliphatic carbocycles. The summed E-state index contributed by atoms with van der Waals surface area (Å²) in [6.45, 7) is 10.1. The van der Waals surface area contributed by atoms with Gasteiger partial charge in [-0.2, -0.15) is 10.1 Å². The van der Waals surface area contributed by atoms with Gasteiger partial charge >= 0.3 is 5.69 Å². The number of amides is 1. The molecule has 3 aromatic heterocycles. The number of rotatable bonds is 6. The number of piperazine rings is 1. The summed E-state index contributed by atoms with van der Waals surface area (Å²) in [5.74, 6) is -0.908. The highest BCUT2D eigenvalue weighted by atomic mass is 32.2. The van der Waals surface area contributed by atoms with Crippen LogP contribution in [0.1, 0.15) is 32.3 Å². The van der Waals surface area contributed by atoms with E-state index in [9.17, 15) is 18.0 Å². The Bertz CT molecular complexity index is 1900. The first kappa shape index (κ1) is 28.9. The molecule has 14 heteroatoms. The van der Waals surface area contributed by atoms with Crippen LogP contribution in [0.4, 0.5) is 16.0 Å². The van der Waals surface area contributed by atoms with Crippen molar-refractivity contribution < 1.29 is 17.6 Å². The SMILES string of the molecule is C=CC(=O)N1CCN(c2nc(=O)n(-c3c(C(C)C)cccc3S(C)(=O)=O)c3nc(-c4cn[nH]c4N)c(F)cc23)[C@@H](C)C1. The van der Waals surface area contributed by atoms with Crippen LogP contribution >= 0.6 is 0 Å². The van der Waals surface area contributed by atoms with Crippen molar-refractivity contribution in [2.75, 3.05) is 36.5 Å². The minimum Gasteiger partial charge on any atom is -0.384 e. The number of hydrogen-bond acceptors (Lipinski definition) is 9. The maximum atomic E-state index is 15.8. The van der Waals surface area contributed by atoms with Gasteiger partial charge in [-0.1, -0.05) is 32.6 Å². The molecule has 4 heterocycles. The van der Waals surface area contributed by atoms with Crippen LogP contribution in [0.3, 0.4) is 0 Å². The number of aromatic amines is 1. The van der Waals surface area contributed by atoms with Crippen molar-refractivity contribution in [3.8, 4) is 16.9 Å². The molecule has 0 unspecified atom stereocenters. The number of benzene rings is 1. The lowest BCUT2D eigenvalue weighted by Gasteiger charge is -2.40. The lowest BCUT2D eigenvalue weighted by Crippen LogP contribution is -2.54. The van der Waals surface area contributed by atoms with Crippen LogP contribution < -0.4 is 16.3 Å². The van der Waals surface area contributed by atoms with Gasteiger partial charge in [-0.05, 0) is 36.6 Å². The minimum absolute atomic E-state index is 0.00297. The summed E-state index contributed by atoms with van der Waals surface area (Å²) in [5, 5.41) is 6.61. The van der Waals surface area contributed by atoms with Gasteiger partial charge in [0.05, 0.1) is 27.7 Å². The molecule has 1 aliphatic rings. The molecular formula is C28H31FN8O4S. The number of nitrogen functional groups attached to an aromatic ring is 1. The van der Waals surface area contributed by atoms with E-state index in [-0.39, 0.29) is 62.4 Å². The zero-order valence-electron chi connectivity index (χ0n) is 23.6. The average molecular weight is 595 g/mol. The van der Waals surface area contributed by atoms with E-state index in [1.165, 1.54) is 24.4 Å². The van der Waals surface area contributed by atoms with Gasteiger partial charge < -0.3 is 15.5 Å². The van der Waals surface area contributed by atoms with E-state index in [1.54, 1.807) is 17.0 Å². The molecule has 5 rings (SSSR count). The van der Waals surface area contributed by atoms with Gasteiger partial charge in [-0.15, -0.1) is 0 Å². The van der Waals surface area contributed by atoms with E-state index in [0.717, 1.165) is 10.8 Å². The normalized spacial score (nSPS) is 15.9. The topological polar surface area (TPSA) is 160 Å². The van der Waals surface area contributed by atoms with Gasteiger partial charge in [-0.25, -0.2) is 27.2 Å². The number of nitrogens with two attached hydrogens (primary N) is 1. The Morgan fingerprint density at radius 1 is 1.26 bits per heavy atom. The number of pyridine rings is 1. The Hall–Kier alpha value is -4.59. The Morgan fingerprint density at radius 2 is 2.00 bits per heavy atom. The lowest BCUT2D eigenvalue weighted by molar-refractivity contribution is -0.126. The number of halogens is 1. The van der Waals surface area contributed by atoms with Gasteiger partial charge in [0.1, 0.15) is 17.3 Å². The highest BCUT2D eigenvalue weighted by Crippen LogP contribution is 2.35. The standard InChI is InChI=1S/C28H31FN8O4S/c1-6-22(38)35-10-11-36(16(4)14-35)26-18-12-20(29)23(19-13-31-34-25(19)30)32-27(18)37(28(39)33-26)24-17(15(2)3)8-7-9-21(24)42(5,40)41/h6-9,12-13,15-16H,1,10-11,14H2,2-5H3,(H3,30,31,34)/t16-/m0/s1. The quantitative estimate of drug-likeness (QED) is 0.320. The van der Waals surface area contributed by atoms with Crippen LogP contribution in [0.5, 0.6) is 0 Å². The Labute approximate surface area is 241 Å². The number of nitrogens with zero attached hydrogens (tertiary/aromatic N) is 6. The second-order valence-corrected chi connectivity index (χ2v) is 12.6. The smallest absolute Gasteiger partial charge is 0.355 e. The zero-order chi connectivity index (χ0) is 30.5. The third kappa shape index (κ3) is 4.91. The molecular weight excluding hydrogens is 563 g/mol. The van der Waals surface area contributed by atoms with Crippen molar-refractivity contribution in [1.82, 2.24) is 29.6 Å². The highest BCUT2D eigenvalue weighted by molar-refractivity contribution is 7.90. The fourth-order valence-electron chi connectivity index (χ4n) is 5.35. The Morgan fingerprint density at radius 3 is 2.60 bits per heavy atom. The molecule has 0 spiro atoms. The summed E-state index contributed by atoms with van der Waals surface area (Å²) in [4.78, 5) is 38.6. The van der Waals surface area contributed by atoms with Crippen LogP contribution in [0.15, 0.2) is 52.8 Å². The van der Waals surface area contributed by atoms with Crippen LogP contribution in [0.25, 0.3) is 28.0 Å². The molecule has 220 valence electrons. The summed E-state index contributed by atoms with van der Waals surface area (Å²) in [6.07, 6.45) is 3.62. The van der Waals surface area contributed by atoms with E-state index >= 15 is 4.39 Å². The number of nitrogens with one attached hydrogen (secondary N) is 1. The molecule has 0 radical (unpaired) electrons. The number of aromatic nitrogens is 5. The van der Waals surface area contributed by atoms with Crippen molar-refractivity contribution >= 4 is 38.4 Å². The van der Waals surface area contributed by atoms with Crippen molar-refractivity contribution in [3.05, 3.63) is 65.0 Å². The van der Waals surface area contributed by atoms with Gasteiger partial charge in [0.2, 0.25) is 5.91 Å². The molecule has 4 aromatic rings. The van der Waals surface area contributed by atoms with Gasteiger partial charge in [0, 0.05) is 31.9 Å². The lowest BCUT2D eigenvalue weighted by atomic mass is 10.0. The predicted octanol–water partition coefficient (Wildman–Crippen LogP) is 2.64. The molecule has 3 N–H and O–H groups in total. The van der Waals surface area contributed by atoms with Gasteiger partial charge in [-0.3, -0.25) is 9.89 Å². The van der Waals surface area contributed by atoms with Crippen molar-refractivity contribution in [2.24, 2.45) is 0 Å². The molecule has 12 nitrogen and oxygen atoms in total. The third-order valence-electron chi connectivity index (χ3n) is 7.39. The average Bonchev–Trinajstić information content (AvgIpc) is 3.36. The van der Waals surface area contributed by atoms with E-state index in [1.807, 2.05) is 25.7 Å². The van der Waals surface area contributed by atoms with Crippen molar-refractivity contribution in [2.45, 2.75) is 37.6 Å². The second-order valence-electron chi connectivity index (χ2n) is 10.6.